The van der Waals surface area contributed by atoms with Crippen molar-refractivity contribution in [2.75, 3.05) is 24.2 Å². The summed E-state index contributed by atoms with van der Waals surface area (Å²) in [6.45, 7) is 7.74. The molecule has 0 radical (unpaired) electrons. The molecular weight excluding hydrogens is 400 g/mol. The summed E-state index contributed by atoms with van der Waals surface area (Å²) in [5, 5.41) is 2.94. The lowest BCUT2D eigenvalue weighted by Gasteiger charge is -2.30. The van der Waals surface area contributed by atoms with Crippen LogP contribution in [0.3, 0.4) is 0 Å². The van der Waals surface area contributed by atoms with Gasteiger partial charge in [-0.05, 0) is 48.9 Å². The Kier molecular flexibility index (Phi) is 7.53. The van der Waals surface area contributed by atoms with Crippen LogP contribution in [-0.2, 0) is 20.2 Å². The summed E-state index contributed by atoms with van der Waals surface area (Å²) in [7, 11) is -2.21. The highest BCUT2D eigenvalue weighted by Crippen LogP contribution is 2.31. The van der Waals surface area contributed by atoms with Crippen molar-refractivity contribution in [2.24, 2.45) is 0 Å². The van der Waals surface area contributed by atoms with Gasteiger partial charge in [-0.1, -0.05) is 50.2 Å². The van der Waals surface area contributed by atoms with Crippen LogP contribution >= 0.6 is 0 Å². The van der Waals surface area contributed by atoms with Crippen molar-refractivity contribution in [1.82, 2.24) is 5.32 Å². The van der Waals surface area contributed by atoms with Crippen LogP contribution in [0, 0.1) is 6.92 Å². The molecule has 0 spiro atoms. The Hall–Kier alpha value is -2.54. The van der Waals surface area contributed by atoms with Gasteiger partial charge in [0.2, 0.25) is 15.9 Å². The van der Waals surface area contributed by atoms with E-state index in [4.69, 9.17) is 4.74 Å². The summed E-state index contributed by atoms with van der Waals surface area (Å²) >= 11 is 0. The first-order chi connectivity index (χ1) is 13.9. The van der Waals surface area contributed by atoms with Crippen molar-refractivity contribution in [3.05, 3.63) is 59.7 Å². The SMILES string of the molecule is COc1ccc(C)cc1N(CC(=O)NC(C)CC(C)(C)c1ccccc1)S(C)(=O)=O. The van der Waals surface area contributed by atoms with Crippen LogP contribution in [0.5, 0.6) is 5.75 Å². The molecule has 0 aliphatic rings. The van der Waals surface area contributed by atoms with Gasteiger partial charge in [0.05, 0.1) is 19.1 Å². The second-order valence-electron chi connectivity index (χ2n) is 8.37. The van der Waals surface area contributed by atoms with Crippen molar-refractivity contribution < 1.29 is 17.9 Å². The number of hydrogen-bond acceptors (Lipinski definition) is 4. The van der Waals surface area contributed by atoms with E-state index in [1.165, 1.54) is 12.7 Å². The number of rotatable bonds is 9. The molecule has 2 aromatic rings. The van der Waals surface area contributed by atoms with Crippen LogP contribution in [0.1, 0.15) is 38.3 Å². The lowest BCUT2D eigenvalue weighted by molar-refractivity contribution is -0.120. The van der Waals surface area contributed by atoms with Crippen molar-refractivity contribution in [1.29, 1.82) is 0 Å². The third-order valence-corrected chi connectivity index (χ3v) is 6.20. The monoisotopic (exact) mass is 432 g/mol. The van der Waals surface area contributed by atoms with Gasteiger partial charge in [-0.3, -0.25) is 9.10 Å². The standard InChI is InChI=1S/C23H32N2O4S/c1-17-12-13-21(29-5)20(14-17)25(30(6,27)28)16-22(26)24-18(2)15-23(3,4)19-10-8-7-9-11-19/h7-14,18H,15-16H2,1-6H3,(H,24,26). The number of amides is 1. The molecule has 7 heteroatoms. The molecule has 1 atom stereocenters. The van der Waals surface area contributed by atoms with Crippen LogP contribution in [0.15, 0.2) is 48.5 Å². The molecular formula is C23H32N2O4S. The highest BCUT2D eigenvalue weighted by atomic mass is 32.2. The number of methoxy groups -OCH3 is 1. The van der Waals surface area contributed by atoms with E-state index >= 15 is 0 Å². The number of hydrogen-bond donors (Lipinski definition) is 1. The zero-order chi connectivity index (χ0) is 22.5. The van der Waals surface area contributed by atoms with Crippen molar-refractivity contribution in [3.63, 3.8) is 0 Å². The molecule has 0 saturated carbocycles. The zero-order valence-corrected chi connectivity index (χ0v) is 19.4. The average Bonchev–Trinajstić information content (AvgIpc) is 2.65. The fourth-order valence-electron chi connectivity index (χ4n) is 3.65. The Balaban J connectivity index is 2.15. The summed E-state index contributed by atoms with van der Waals surface area (Å²) in [5.41, 5.74) is 2.28. The summed E-state index contributed by atoms with van der Waals surface area (Å²) in [6, 6.07) is 15.2. The van der Waals surface area contributed by atoms with E-state index in [1.54, 1.807) is 12.1 Å². The topological polar surface area (TPSA) is 75.7 Å². The normalized spacial score (nSPS) is 12.9. The number of nitrogens with zero attached hydrogens (tertiary/aromatic N) is 1. The zero-order valence-electron chi connectivity index (χ0n) is 18.6. The van der Waals surface area contributed by atoms with E-state index in [1.807, 2.05) is 38.1 Å². The van der Waals surface area contributed by atoms with Crippen LogP contribution in [0.25, 0.3) is 0 Å². The van der Waals surface area contributed by atoms with E-state index < -0.39 is 10.0 Å². The summed E-state index contributed by atoms with van der Waals surface area (Å²) < 4.78 is 31.3. The molecule has 0 bridgehead atoms. The molecule has 0 aromatic heterocycles. The van der Waals surface area contributed by atoms with E-state index in [9.17, 15) is 13.2 Å². The Bertz CT molecular complexity index is 972. The fraction of sp³-hybridized carbons (Fsp3) is 0.435. The molecule has 0 fully saturated rings. The van der Waals surface area contributed by atoms with Crippen molar-refractivity contribution in [3.8, 4) is 5.75 Å². The van der Waals surface area contributed by atoms with Gasteiger partial charge in [0, 0.05) is 6.04 Å². The Labute approximate surface area is 180 Å². The Morgan fingerprint density at radius 2 is 1.80 bits per heavy atom. The maximum Gasteiger partial charge on any atom is 0.240 e. The minimum Gasteiger partial charge on any atom is -0.495 e. The molecule has 1 unspecified atom stereocenters. The van der Waals surface area contributed by atoms with Gasteiger partial charge in [0.15, 0.2) is 0 Å². The molecule has 1 amide bonds. The van der Waals surface area contributed by atoms with Crippen LogP contribution in [-0.4, -0.2) is 40.3 Å². The molecule has 2 rings (SSSR count). The largest absolute Gasteiger partial charge is 0.495 e. The maximum atomic E-state index is 12.7. The van der Waals surface area contributed by atoms with Gasteiger partial charge in [0.1, 0.15) is 12.3 Å². The highest BCUT2D eigenvalue weighted by Gasteiger charge is 2.27. The third kappa shape index (κ3) is 6.23. The van der Waals surface area contributed by atoms with Gasteiger partial charge >= 0.3 is 0 Å². The number of carbonyl (C=O) groups excluding carboxylic acids is 1. The van der Waals surface area contributed by atoms with E-state index in [-0.39, 0.29) is 23.9 Å². The lowest BCUT2D eigenvalue weighted by Crippen LogP contribution is -2.44. The predicted octanol–water partition coefficient (Wildman–Crippen LogP) is 3.64. The highest BCUT2D eigenvalue weighted by molar-refractivity contribution is 7.92. The number of carbonyl (C=O) groups is 1. The summed E-state index contributed by atoms with van der Waals surface area (Å²) in [4.78, 5) is 12.7. The van der Waals surface area contributed by atoms with Gasteiger partial charge in [-0.15, -0.1) is 0 Å². The predicted molar refractivity (Wildman–Crippen MR) is 122 cm³/mol. The molecule has 30 heavy (non-hydrogen) atoms. The van der Waals surface area contributed by atoms with Gasteiger partial charge < -0.3 is 10.1 Å². The Morgan fingerprint density at radius 1 is 1.17 bits per heavy atom. The maximum absolute atomic E-state index is 12.7. The molecule has 0 saturated heterocycles. The van der Waals surface area contributed by atoms with Crippen LogP contribution in [0.2, 0.25) is 0 Å². The van der Waals surface area contributed by atoms with Crippen LogP contribution in [0.4, 0.5) is 5.69 Å². The smallest absolute Gasteiger partial charge is 0.240 e. The minimum atomic E-state index is -3.68. The average molecular weight is 433 g/mol. The first kappa shape index (κ1) is 23.7. The number of nitrogens with one attached hydrogen (secondary N) is 1. The van der Waals surface area contributed by atoms with E-state index in [0.29, 0.717) is 11.4 Å². The first-order valence-corrected chi connectivity index (χ1v) is 11.8. The summed E-state index contributed by atoms with van der Waals surface area (Å²) in [5.74, 6) is 0.0393. The molecule has 0 aliphatic heterocycles. The molecule has 2 aromatic carbocycles. The van der Waals surface area contributed by atoms with Gasteiger partial charge in [-0.25, -0.2) is 8.42 Å². The minimum absolute atomic E-state index is 0.131. The number of aryl methyl sites for hydroxylation is 1. The number of anilines is 1. The third-order valence-electron chi connectivity index (χ3n) is 5.07. The van der Waals surface area contributed by atoms with Crippen molar-refractivity contribution in [2.45, 2.75) is 45.6 Å². The quantitative estimate of drug-likeness (QED) is 0.656. The molecule has 1 N–H and O–H groups in total. The Morgan fingerprint density at radius 3 is 2.37 bits per heavy atom. The molecule has 6 nitrogen and oxygen atoms in total. The molecule has 164 valence electrons. The summed E-state index contributed by atoms with van der Waals surface area (Å²) in [6.07, 6.45) is 1.80. The second-order valence-corrected chi connectivity index (χ2v) is 10.3. The number of ether oxygens (including phenoxy) is 1. The van der Waals surface area contributed by atoms with Crippen LogP contribution < -0.4 is 14.4 Å². The lowest BCUT2D eigenvalue weighted by atomic mass is 9.79. The van der Waals surface area contributed by atoms with E-state index in [0.717, 1.165) is 22.5 Å². The molecule has 0 heterocycles. The van der Waals surface area contributed by atoms with Gasteiger partial charge in [0.25, 0.3) is 0 Å². The number of sulfonamides is 1. The van der Waals surface area contributed by atoms with Crippen molar-refractivity contribution >= 4 is 21.6 Å². The fourth-order valence-corrected chi connectivity index (χ4v) is 4.50. The van der Waals surface area contributed by atoms with Gasteiger partial charge in [-0.2, -0.15) is 0 Å². The van der Waals surface area contributed by atoms with E-state index in [2.05, 4.69) is 31.3 Å². The molecule has 0 aliphatic carbocycles. The first-order valence-electron chi connectivity index (χ1n) is 9.91. The second kappa shape index (κ2) is 9.51. The number of benzene rings is 2.